The molecule has 1 aromatic heterocycles. The van der Waals surface area contributed by atoms with Crippen LogP contribution in [0.3, 0.4) is 0 Å². The van der Waals surface area contributed by atoms with Gasteiger partial charge in [-0.3, -0.25) is 9.59 Å². The second kappa shape index (κ2) is 9.36. The van der Waals surface area contributed by atoms with Crippen molar-refractivity contribution in [1.82, 2.24) is 5.32 Å². The number of amides is 1. The van der Waals surface area contributed by atoms with E-state index in [9.17, 15) is 19.6 Å². The SMILES string of the molecule is COc1ccc(C(=O)CCC(=O)N[C@@H](Cc2ccsc2)B(O)O)cc1. The minimum absolute atomic E-state index is 0.0162. The standard InChI is InChI=1S/C17H20BNO5S/c1-24-14-4-2-13(3-5-14)15(20)6-7-17(21)19-16(18(22)23)10-12-8-9-25-11-12/h2-5,8-9,11,16,22-23H,6-7,10H2,1H3,(H,19,21)/t16-/m0/s1. The number of ether oxygens (including phenoxy) is 1. The van der Waals surface area contributed by atoms with Gasteiger partial charge in [0.05, 0.1) is 13.1 Å². The molecule has 6 nitrogen and oxygen atoms in total. The summed E-state index contributed by atoms with van der Waals surface area (Å²) >= 11 is 1.50. The van der Waals surface area contributed by atoms with Crippen LogP contribution in [0.2, 0.25) is 0 Å². The lowest BCUT2D eigenvalue weighted by molar-refractivity contribution is -0.121. The summed E-state index contributed by atoms with van der Waals surface area (Å²) in [6, 6.07) is 8.53. The van der Waals surface area contributed by atoms with Gasteiger partial charge in [0.1, 0.15) is 5.75 Å². The van der Waals surface area contributed by atoms with Crippen LogP contribution in [-0.4, -0.2) is 41.9 Å². The fourth-order valence-corrected chi connectivity index (χ4v) is 3.00. The molecule has 0 aliphatic heterocycles. The zero-order valence-electron chi connectivity index (χ0n) is 13.8. The van der Waals surface area contributed by atoms with Crippen LogP contribution >= 0.6 is 11.3 Å². The van der Waals surface area contributed by atoms with E-state index in [4.69, 9.17) is 4.74 Å². The molecular weight excluding hydrogens is 341 g/mol. The number of nitrogens with one attached hydrogen (secondary N) is 1. The van der Waals surface area contributed by atoms with Gasteiger partial charge in [-0.25, -0.2) is 0 Å². The van der Waals surface area contributed by atoms with E-state index in [0.717, 1.165) is 5.56 Å². The molecule has 2 aromatic rings. The number of carbonyl (C=O) groups excluding carboxylic acids is 2. The van der Waals surface area contributed by atoms with Crippen LogP contribution in [0.1, 0.15) is 28.8 Å². The van der Waals surface area contributed by atoms with Crippen molar-refractivity contribution in [2.75, 3.05) is 7.11 Å². The lowest BCUT2D eigenvalue weighted by Gasteiger charge is -2.17. The van der Waals surface area contributed by atoms with Crippen LogP contribution in [0.4, 0.5) is 0 Å². The van der Waals surface area contributed by atoms with Gasteiger partial charge in [0.25, 0.3) is 0 Å². The summed E-state index contributed by atoms with van der Waals surface area (Å²) in [6.07, 6.45) is 0.349. The predicted molar refractivity (Wildman–Crippen MR) is 96.7 cm³/mol. The number of methoxy groups -OCH3 is 1. The molecule has 0 aliphatic carbocycles. The van der Waals surface area contributed by atoms with Gasteiger partial charge in [0.2, 0.25) is 5.91 Å². The molecule has 0 fully saturated rings. The number of carbonyl (C=O) groups is 2. The Morgan fingerprint density at radius 1 is 1.20 bits per heavy atom. The number of hydrogen-bond acceptors (Lipinski definition) is 6. The molecule has 0 saturated heterocycles. The third kappa shape index (κ3) is 6.01. The first-order chi connectivity index (χ1) is 12.0. The third-order valence-corrected chi connectivity index (χ3v) is 4.47. The van der Waals surface area contributed by atoms with E-state index in [2.05, 4.69) is 5.32 Å². The second-order valence-electron chi connectivity index (χ2n) is 5.58. The summed E-state index contributed by atoms with van der Waals surface area (Å²) in [5, 5.41) is 25.2. The molecule has 3 N–H and O–H groups in total. The number of rotatable bonds is 9. The lowest BCUT2D eigenvalue weighted by Crippen LogP contribution is -2.47. The molecule has 0 spiro atoms. The summed E-state index contributed by atoms with van der Waals surface area (Å²) in [7, 11) is -0.121. The van der Waals surface area contributed by atoms with Crippen LogP contribution < -0.4 is 10.1 Å². The van der Waals surface area contributed by atoms with Crippen molar-refractivity contribution in [1.29, 1.82) is 0 Å². The van der Waals surface area contributed by atoms with Crippen molar-refractivity contribution in [3.63, 3.8) is 0 Å². The summed E-state index contributed by atoms with van der Waals surface area (Å²) in [5.41, 5.74) is 1.42. The fraction of sp³-hybridized carbons (Fsp3) is 0.294. The lowest BCUT2D eigenvalue weighted by atomic mass is 9.76. The number of hydrogen-bond donors (Lipinski definition) is 3. The zero-order valence-corrected chi connectivity index (χ0v) is 14.7. The van der Waals surface area contributed by atoms with Crippen LogP contribution in [-0.2, 0) is 11.2 Å². The van der Waals surface area contributed by atoms with Crippen LogP contribution in [0.15, 0.2) is 41.1 Å². The Morgan fingerprint density at radius 3 is 2.48 bits per heavy atom. The molecule has 1 heterocycles. The van der Waals surface area contributed by atoms with E-state index < -0.39 is 19.0 Å². The molecule has 0 aliphatic rings. The average molecular weight is 361 g/mol. The van der Waals surface area contributed by atoms with Gasteiger partial charge in [-0.1, -0.05) is 0 Å². The minimum atomic E-state index is -1.67. The van der Waals surface area contributed by atoms with Crippen LogP contribution in [0.25, 0.3) is 0 Å². The Hall–Kier alpha value is -2.16. The maximum atomic E-state index is 12.1. The summed E-state index contributed by atoms with van der Waals surface area (Å²) < 4.78 is 5.03. The van der Waals surface area contributed by atoms with E-state index in [1.165, 1.54) is 11.3 Å². The van der Waals surface area contributed by atoms with Crippen molar-refractivity contribution in [2.45, 2.75) is 25.2 Å². The summed E-state index contributed by atoms with van der Waals surface area (Å²) in [4.78, 5) is 24.1. The second-order valence-corrected chi connectivity index (χ2v) is 6.36. The van der Waals surface area contributed by atoms with Crippen molar-refractivity contribution in [3.8, 4) is 5.75 Å². The van der Waals surface area contributed by atoms with Crippen LogP contribution in [0, 0.1) is 0 Å². The zero-order chi connectivity index (χ0) is 18.2. The number of thiophene rings is 1. The smallest absolute Gasteiger partial charge is 0.475 e. The first-order valence-electron chi connectivity index (χ1n) is 7.83. The molecular formula is C17H20BNO5S. The van der Waals surface area contributed by atoms with E-state index in [-0.39, 0.29) is 18.6 Å². The molecule has 132 valence electrons. The van der Waals surface area contributed by atoms with Crippen LogP contribution in [0.5, 0.6) is 5.75 Å². The molecule has 0 bridgehead atoms. The molecule has 1 atom stereocenters. The van der Waals surface area contributed by atoms with Gasteiger partial charge in [-0.2, -0.15) is 11.3 Å². The van der Waals surface area contributed by atoms with E-state index in [0.29, 0.717) is 17.7 Å². The topological polar surface area (TPSA) is 95.9 Å². The Kier molecular flexibility index (Phi) is 7.18. The monoisotopic (exact) mass is 361 g/mol. The molecule has 0 unspecified atom stereocenters. The Labute approximate surface area is 150 Å². The highest BCUT2D eigenvalue weighted by atomic mass is 32.1. The van der Waals surface area contributed by atoms with Gasteiger partial charge in [0.15, 0.2) is 5.78 Å². The van der Waals surface area contributed by atoms with E-state index >= 15 is 0 Å². The van der Waals surface area contributed by atoms with Crippen molar-refractivity contribution in [2.24, 2.45) is 0 Å². The highest BCUT2D eigenvalue weighted by molar-refractivity contribution is 7.07. The maximum Gasteiger partial charge on any atom is 0.475 e. The maximum absolute atomic E-state index is 12.1. The first kappa shape index (κ1) is 19.2. The van der Waals surface area contributed by atoms with Gasteiger partial charge in [0, 0.05) is 18.4 Å². The van der Waals surface area contributed by atoms with Gasteiger partial charge in [-0.05, 0) is 53.1 Å². The van der Waals surface area contributed by atoms with Gasteiger partial charge < -0.3 is 20.1 Å². The largest absolute Gasteiger partial charge is 0.497 e. The number of benzene rings is 1. The van der Waals surface area contributed by atoms with Crippen molar-refractivity contribution in [3.05, 3.63) is 52.2 Å². The third-order valence-electron chi connectivity index (χ3n) is 3.73. The van der Waals surface area contributed by atoms with Crippen molar-refractivity contribution >= 4 is 30.1 Å². The van der Waals surface area contributed by atoms with E-state index in [1.807, 2.05) is 16.8 Å². The molecule has 1 amide bonds. The molecule has 25 heavy (non-hydrogen) atoms. The number of ketones is 1. The summed E-state index contributed by atoms with van der Waals surface area (Å²) in [6.45, 7) is 0. The Morgan fingerprint density at radius 2 is 1.92 bits per heavy atom. The normalized spacial score (nSPS) is 11.6. The Balaban J connectivity index is 1.84. The van der Waals surface area contributed by atoms with Gasteiger partial charge in [-0.15, -0.1) is 0 Å². The number of Topliss-reactive ketones (excluding diaryl/α,β-unsaturated/α-hetero) is 1. The highest BCUT2D eigenvalue weighted by Crippen LogP contribution is 2.14. The minimum Gasteiger partial charge on any atom is -0.497 e. The van der Waals surface area contributed by atoms with E-state index in [1.54, 1.807) is 31.4 Å². The molecule has 1 aromatic carbocycles. The molecule has 2 rings (SSSR count). The predicted octanol–water partition coefficient (Wildman–Crippen LogP) is 1.46. The van der Waals surface area contributed by atoms with Crippen molar-refractivity contribution < 1.29 is 24.4 Å². The summed E-state index contributed by atoms with van der Waals surface area (Å²) in [5.74, 6) is -0.701. The van der Waals surface area contributed by atoms with Gasteiger partial charge >= 0.3 is 7.12 Å². The molecule has 0 saturated carbocycles. The fourth-order valence-electron chi connectivity index (χ4n) is 2.32. The first-order valence-corrected chi connectivity index (χ1v) is 8.77. The highest BCUT2D eigenvalue weighted by Gasteiger charge is 2.25. The quantitative estimate of drug-likeness (QED) is 0.464. The molecule has 8 heteroatoms. The average Bonchev–Trinajstić information content (AvgIpc) is 3.12. The molecule has 0 radical (unpaired) electrons. The Bertz CT molecular complexity index is 688.